The maximum atomic E-state index is 3.90. The normalized spacial score (nSPS) is 14.4. The third-order valence-corrected chi connectivity index (χ3v) is 14.2. The van der Waals surface area contributed by atoms with Gasteiger partial charge in [0.15, 0.2) is 8.40 Å². The van der Waals surface area contributed by atoms with Crippen molar-refractivity contribution in [1.29, 1.82) is 0 Å². The Morgan fingerprint density at radius 2 is 1.33 bits per heavy atom. The third-order valence-electron chi connectivity index (χ3n) is 2.21. The molecule has 0 atom stereocenters. The van der Waals surface area contributed by atoms with Crippen LogP contribution in [0.3, 0.4) is 0 Å². The van der Waals surface area contributed by atoms with Crippen molar-refractivity contribution in [1.82, 2.24) is 14.0 Å². The van der Waals surface area contributed by atoms with Gasteiger partial charge in [-0.25, -0.2) is 0 Å². The Kier molecular flexibility index (Phi) is 5.43. The fourth-order valence-electron chi connectivity index (χ4n) is 2.71. The lowest BCUT2D eigenvalue weighted by Crippen LogP contribution is -2.73. The second kappa shape index (κ2) is 5.24. The van der Waals surface area contributed by atoms with Crippen LogP contribution >= 0.6 is 0 Å². The number of nitrogens with one attached hydrogen (secondary N) is 1. The van der Waals surface area contributed by atoms with E-state index in [9.17, 15) is 0 Å². The van der Waals surface area contributed by atoms with Crippen molar-refractivity contribution in [3.8, 4) is 0 Å². The molecule has 1 N–H and O–H groups in total. The van der Waals surface area contributed by atoms with Crippen LogP contribution in [0.5, 0.6) is 0 Å². The van der Waals surface area contributed by atoms with E-state index >= 15 is 0 Å². The molecular weight excluding hydrogens is 234 g/mol. The highest BCUT2D eigenvalue weighted by atomic mass is 28.4. The summed E-state index contributed by atoms with van der Waals surface area (Å²) in [5.74, 6) is 0. The predicted molar refractivity (Wildman–Crippen MR) is 78.4 cm³/mol. The smallest absolute Gasteiger partial charge is 0.198 e. The molecule has 0 radical (unpaired) electrons. The highest BCUT2D eigenvalue weighted by Crippen LogP contribution is 2.18. The van der Waals surface area contributed by atoms with Gasteiger partial charge in [-0.05, 0) is 13.1 Å². The first-order valence-electron chi connectivity index (χ1n) is 5.74. The molecule has 0 amide bonds. The summed E-state index contributed by atoms with van der Waals surface area (Å²) in [6.45, 7) is 16.9. The number of nitrogens with zero attached hydrogens (tertiary/aromatic N) is 2. The molecule has 0 unspecified atom stereocenters. The van der Waals surface area contributed by atoms with Gasteiger partial charge in [0, 0.05) is 14.1 Å². The average molecular weight is 264 g/mol. The number of hydrogen-bond acceptors (Lipinski definition) is 3. The molecule has 0 fully saturated rings. The van der Waals surface area contributed by atoms with Gasteiger partial charge in [0.2, 0.25) is 0 Å². The van der Waals surface area contributed by atoms with Crippen LogP contribution in [0.15, 0.2) is 0 Å². The predicted octanol–water partition coefficient (Wildman–Crippen LogP) is 1.87. The van der Waals surface area contributed by atoms with Gasteiger partial charge in [-0.3, -0.25) is 9.35 Å². The Bertz CT molecular complexity index is 199. The molecule has 0 spiro atoms. The second-order valence-corrected chi connectivity index (χ2v) is 18.4. The molecule has 0 saturated heterocycles. The highest BCUT2D eigenvalue weighted by Gasteiger charge is 2.40. The first-order chi connectivity index (χ1) is 6.48. The zero-order valence-corrected chi connectivity index (χ0v) is 15.1. The lowest BCUT2D eigenvalue weighted by Gasteiger charge is -2.49. The van der Waals surface area contributed by atoms with E-state index in [1.54, 1.807) is 0 Å². The van der Waals surface area contributed by atoms with E-state index in [0.29, 0.717) is 0 Å². The quantitative estimate of drug-likeness (QED) is 0.603. The summed E-state index contributed by atoms with van der Waals surface area (Å²) in [7, 11) is 0.922. The lowest BCUT2D eigenvalue weighted by atomic mass is 11.2. The SMILES string of the molecule is CN(C)N([Si](C)(C)C)[Si](C)(C)N[SiH](C)C. The van der Waals surface area contributed by atoms with Crippen LogP contribution in [0.4, 0.5) is 0 Å². The van der Waals surface area contributed by atoms with Crippen molar-refractivity contribution in [2.45, 2.75) is 45.8 Å². The molecule has 0 aromatic carbocycles. The van der Waals surface area contributed by atoms with Crippen LogP contribution in [0.1, 0.15) is 0 Å². The number of hydrogen-bond donors (Lipinski definition) is 1. The zero-order valence-electron chi connectivity index (χ0n) is 12.0. The summed E-state index contributed by atoms with van der Waals surface area (Å²) in [5.41, 5.74) is 0. The fourth-order valence-corrected chi connectivity index (χ4v) is 18.3. The Labute approximate surface area is 99.8 Å². The molecule has 3 nitrogen and oxygen atoms in total. The van der Waals surface area contributed by atoms with Crippen molar-refractivity contribution in [2.75, 3.05) is 14.1 Å². The van der Waals surface area contributed by atoms with E-state index in [1.807, 2.05) is 0 Å². The van der Waals surface area contributed by atoms with Crippen molar-refractivity contribution in [3.05, 3.63) is 0 Å². The molecule has 0 heterocycles. The zero-order chi connectivity index (χ0) is 12.4. The molecule has 0 aliphatic heterocycles. The monoisotopic (exact) mass is 263 g/mol. The topological polar surface area (TPSA) is 18.5 Å². The van der Waals surface area contributed by atoms with Gasteiger partial charge in [0.25, 0.3) is 0 Å². The minimum atomic E-state index is -1.46. The van der Waals surface area contributed by atoms with E-state index in [0.717, 1.165) is 0 Å². The van der Waals surface area contributed by atoms with Gasteiger partial charge in [0.1, 0.15) is 8.24 Å². The molecule has 0 rings (SSSR count). The standard InChI is InChI=1S/C9H29N3Si3/c1-11(2)12(14(5,6)7)15(8,9)10-13(3)4/h10,13H,1-9H3. The molecule has 92 valence electrons. The fraction of sp³-hybridized carbons (Fsp3) is 1.00. The summed E-state index contributed by atoms with van der Waals surface area (Å²) >= 11 is 0. The van der Waals surface area contributed by atoms with Crippen LogP contribution in [-0.4, -0.2) is 49.0 Å². The van der Waals surface area contributed by atoms with Gasteiger partial charge < -0.3 is 4.65 Å². The Morgan fingerprint density at radius 1 is 0.933 bits per heavy atom. The summed E-state index contributed by atoms with van der Waals surface area (Å²) in [5, 5.41) is 2.31. The first-order valence-corrected chi connectivity index (χ1v) is 15.0. The van der Waals surface area contributed by atoms with Crippen LogP contribution in [-0.2, 0) is 0 Å². The molecule has 0 aromatic rings. The van der Waals surface area contributed by atoms with Gasteiger partial charge in [0.05, 0.1) is 8.96 Å². The van der Waals surface area contributed by atoms with Crippen LogP contribution < -0.4 is 4.65 Å². The minimum absolute atomic E-state index is 0.699. The van der Waals surface area contributed by atoms with E-state index < -0.39 is 25.6 Å². The molecular formula is C9H29N3Si3. The van der Waals surface area contributed by atoms with Gasteiger partial charge in [-0.1, -0.05) is 32.7 Å². The Morgan fingerprint density at radius 3 is 1.53 bits per heavy atom. The summed E-state index contributed by atoms with van der Waals surface area (Å²) in [4.78, 5) is 0. The van der Waals surface area contributed by atoms with Crippen molar-refractivity contribution in [3.63, 3.8) is 0 Å². The summed E-state index contributed by atoms with van der Waals surface area (Å²) in [6, 6.07) is 0. The summed E-state index contributed by atoms with van der Waals surface area (Å²) < 4.78 is 6.58. The molecule has 0 aliphatic rings. The molecule has 0 saturated carbocycles. The minimum Gasteiger partial charge on any atom is -0.350 e. The van der Waals surface area contributed by atoms with Crippen molar-refractivity contribution in [2.24, 2.45) is 0 Å². The van der Waals surface area contributed by atoms with Crippen LogP contribution in [0.25, 0.3) is 0 Å². The third kappa shape index (κ3) is 4.92. The average Bonchev–Trinajstić information content (AvgIpc) is 1.74. The summed E-state index contributed by atoms with van der Waals surface area (Å²) in [6.07, 6.45) is 0. The van der Waals surface area contributed by atoms with Gasteiger partial charge in [-0.15, -0.1) is 0 Å². The van der Waals surface area contributed by atoms with E-state index in [4.69, 9.17) is 0 Å². The maximum absolute atomic E-state index is 3.90. The second-order valence-electron chi connectivity index (χ2n) is 6.19. The lowest BCUT2D eigenvalue weighted by molar-refractivity contribution is 0.202. The van der Waals surface area contributed by atoms with E-state index in [1.165, 1.54) is 0 Å². The largest absolute Gasteiger partial charge is 0.350 e. The Balaban J connectivity index is 4.91. The molecule has 0 aromatic heterocycles. The van der Waals surface area contributed by atoms with Gasteiger partial charge >= 0.3 is 0 Å². The highest BCUT2D eigenvalue weighted by molar-refractivity contribution is 6.92. The molecule has 6 heteroatoms. The van der Waals surface area contributed by atoms with Crippen molar-refractivity contribution < 1.29 is 0 Å². The van der Waals surface area contributed by atoms with E-state index in [2.05, 4.69) is 73.9 Å². The Hall–Kier alpha value is 0.531. The van der Waals surface area contributed by atoms with Crippen LogP contribution in [0, 0.1) is 0 Å². The van der Waals surface area contributed by atoms with Crippen LogP contribution in [0.2, 0.25) is 45.8 Å². The first kappa shape index (κ1) is 15.5. The molecule has 15 heavy (non-hydrogen) atoms. The molecule has 0 bridgehead atoms. The number of hydrazine groups is 1. The number of rotatable bonds is 5. The van der Waals surface area contributed by atoms with Gasteiger partial charge in [-0.2, -0.15) is 0 Å². The van der Waals surface area contributed by atoms with E-state index in [-0.39, 0.29) is 0 Å². The maximum Gasteiger partial charge on any atom is 0.198 e. The van der Waals surface area contributed by atoms with Crippen molar-refractivity contribution >= 4 is 25.6 Å². The molecule has 0 aliphatic carbocycles.